The highest BCUT2D eigenvalue weighted by Crippen LogP contribution is 2.35. The summed E-state index contributed by atoms with van der Waals surface area (Å²) in [5, 5.41) is 0. The predicted molar refractivity (Wildman–Crippen MR) is 88.8 cm³/mol. The molecule has 1 fully saturated rings. The third kappa shape index (κ3) is 5.20. The van der Waals surface area contributed by atoms with Crippen LogP contribution < -0.4 is 11.3 Å². The molecule has 1 saturated carbocycles. The zero-order valence-corrected chi connectivity index (χ0v) is 14.7. The Bertz CT molecular complexity index is 388. The van der Waals surface area contributed by atoms with Crippen LogP contribution in [-0.2, 0) is 9.84 Å². The van der Waals surface area contributed by atoms with Crippen molar-refractivity contribution in [2.75, 3.05) is 25.6 Å². The van der Waals surface area contributed by atoms with Crippen molar-refractivity contribution < 1.29 is 8.42 Å². The number of nitrogens with two attached hydrogens (primary N) is 1. The number of hydrogen-bond acceptors (Lipinski definition) is 5. The standard InChI is InChI=1S/C15H33N3O2S/c1-4-21(19,20)13-9-10-14(17-16)15(18(2)3)11-7-5-6-8-12-15/h14,17H,4-13,16H2,1-3H3. The van der Waals surface area contributed by atoms with Crippen molar-refractivity contribution in [3.8, 4) is 0 Å². The second kappa shape index (κ2) is 8.46. The van der Waals surface area contributed by atoms with Crippen LogP contribution >= 0.6 is 0 Å². The Morgan fingerprint density at radius 3 is 2.19 bits per heavy atom. The number of hydrazine groups is 1. The van der Waals surface area contributed by atoms with Crippen LogP contribution in [0.3, 0.4) is 0 Å². The fourth-order valence-corrected chi connectivity index (χ4v) is 4.50. The third-order valence-electron chi connectivity index (χ3n) is 5.10. The lowest BCUT2D eigenvalue weighted by molar-refractivity contribution is 0.0760. The van der Waals surface area contributed by atoms with E-state index in [1.54, 1.807) is 6.92 Å². The Morgan fingerprint density at radius 2 is 1.76 bits per heavy atom. The van der Waals surface area contributed by atoms with E-state index in [1.807, 2.05) is 0 Å². The molecular weight excluding hydrogens is 286 g/mol. The van der Waals surface area contributed by atoms with Gasteiger partial charge in [0.1, 0.15) is 9.84 Å². The zero-order chi connectivity index (χ0) is 15.9. The van der Waals surface area contributed by atoms with Crippen LogP contribution in [0, 0.1) is 0 Å². The molecule has 0 radical (unpaired) electrons. The van der Waals surface area contributed by atoms with E-state index >= 15 is 0 Å². The Morgan fingerprint density at radius 1 is 1.19 bits per heavy atom. The van der Waals surface area contributed by atoms with Crippen LogP contribution in [-0.4, -0.2) is 50.5 Å². The summed E-state index contributed by atoms with van der Waals surface area (Å²) in [6.45, 7) is 1.71. The molecule has 6 heteroatoms. The van der Waals surface area contributed by atoms with Gasteiger partial charge in [-0.3, -0.25) is 11.3 Å². The summed E-state index contributed by atoms with van der Waals surface area (Å²) in [4.78, 5) is 2.30. The van der Waals surface area contributed by atoms with Gasteiger partial charge in [0.15, 0.2) is 0 Å². The van der Waals surface area contributed by atoms with Gasteiger partial charge in [0.25, 0.3) is 0 Å². The largest absolute Gasteiger partial charge is 0.302 e. The first kappa shape index (κ1) is 18.9. The highest BCUT2D eigenvalue weighted by atomic mass is 32.2. The molecule has 0 bridgehead atoms. The molecule has 3 N–H and O–H groups in total. The maximum Gasteiger partial charge on any atom is 0.150 e. The number of nitrogens with zero attached hydrogens (tertiary/aromatic N) is 1. The summed E-state index contributed by atoms with van der Waals surface area (Å²) < 4.78 is 23.3. The Balaban J connectivity index is 2.73. The minimum absolute atomic E-state index is 0.0568. The van der Waals surface area contributed by atoms with Crippen LogP contribution in [0.15, 0.2) is 0 Å². The molecule has 0 spiro atoms. The quantitative estimate of drug-likeness (QED) is 0.404. The highest BCUT2D eigenvalue weighted by molar-refractivity contribution is 7.91. The summed E-state index contributed by atoms with van der Waals surface area (Å²) in [7, 11) is 1.36. The monoisotopic (exact) mass is 319 g/mol. The van der Waals surface area contributed by atoms with Gasteiger partial charge in [0.05, 0.1) is 5.75 Å². The number of nitrogens with one attached hydrogen (secondary N) is 1. The van der Waals surface area contributed by atoms with Crippen molar-refractivity contribution in [1.82, 2.24) is 10.3 Å². The fourth-order valence-electron chi connectivity index (χ4n) is 3.61. The van der Waals surface area contributed by atoms with E-state index in [1.165, 1.54) is 25.7 Å². The van der Waals surface area contributed by atoms with Crippen molar-refractivity contribution >= 4 is 9.84 Å². The summed E-state index contributed by atoms with van der Waals surface area (Å²) >= 11 is 0. The first-order chi connectivity index (χ1) is 9.88. The van der Waals surface area contributed by atoms with E-state index in [2.05, 4.69) is 24.4 Å². The highest BCUT2D eigenvalue weighted by Gasteiger charge is 2.40. The minimum Gasteiger partial charge on any atom is -0.302 e. The lowest BCUT2D eigenvalue weighted by atomic mass is 9.79. The molecule has 1 aliphatic carbocycles. The average Bonchev–Trinajstić information content (AvgIpc) is 2.70. The van der Waals surface area contributed by atoms with Gasteiger partial charge in [-0.1, -0.05) is 32.6 Å². The molecule has 1 aliphatic rings. The molecule has 5 nitrogen and oxygen atoms in total. The minimum atomic E-state index is -2.88. The van der Waals surface area contributed by atoms with Gasteiger partial charge >= 0.3 is 0 Å². The lowest BCUT2D eigenvalue weighted by Gasteiger charge is -2.45. The van der Waals surface area contributed by atoms with E-state index in [4.69, 9.17) is 5.84 Å². The third-order valence-corrected chi connectivity index (χ3v) is 6.89. The molecule has 0 aromatic heterocycles. The second-order valence-corrected chi connectivity index (χ2v) is 8.98. The average molecular weight is 320 g/mol. The molecule has 1 rings (SSSR count). The first-order valence-electron chi connectivity index (χ1n) is 8.22. The Labute approximate surface area is 130 Å². The van der Waals surface area contributed by atoms with Crippen molar-refractivity contribution in [2.24, 2.45) is 5.84 Å². The fraction of sp³-hybridized carbons (Fsp3) is 1.00. The van der Waals surface area contributed by atoms with Crippen molar-refractivity contribution in [3.63, 3.8) is 0 Å². The van der Waals surface area contributed by atoms with Crippen LogP contribution in [0.5, 0.6) is 0 Å². The number of rotatable bonds is 8. The summed E-state index contributed by atoms with van der Waals surface area (Å²) in [6, 6.07) is 0.151. The molecule has 0 aliphatic heterocycles. The van der Waals surface area contributed by atoms with Gasteiger partial charge in [0, 0.05) is 17.3 Å². The Kier molecular flexibility index (Phi) is 7.60. The van der Waals surface area contributed by atoms with E-state index in [0.717, 1.165) is 19.3 Å². The molecule has 21 heavy (non-hydrogen) atoms. The lowest BCUT2D eigenvalue weighted by Crippen LogP contribution is -2.60. The van der Waals surface area contributed by atoms with Gasteiger partial charge in [0.2, 0.25) is 0 Å². The first-order valence-corrected chi connectivity index (χ1v) is 10.0. The predicted octanol–water partition coefficient (Wildman–Crippen LogP) is 1.69. The van der Waals surface area contributed by atoms with Crippen molar-refractivity contribution in [1.29, 1.82) is 0 Å². The summed E-state index contributed by atoms with van der Waals surface area (Å²) in [5.41, 5.74) is 3.05. The SMILES string of the molecule is CCS(=O)(=O)CCCC(NN)C1(N(C)C)CCCCCC1. The van der Waals surface area contributed by atoms with E-state index in [9.17, 15) is 8.42 Å². The topological polar surface area (TPSA) is 75.4 Å². The van der Waals surface area contributed by atoms with Crippen LogP contribution in [0.1, 0.15) is 58.3 Å². The smallest absolute Gasteiger partial charge is 0.150 e. The van der Waals surface area contributed by atoms with Gasteiger partial charge in [-0.05, 0) is 39.8 Å². The van der Waals surface area contributed by atoms with Crippen LogP contribution in [0.4, 0.5) is 0 Å². The molecular formula is C15H33N3O2S. The molecule has 0 amide bonds. The van der Waals surface area contributed by atoms with E-state index < -0.39 is 9.84 Å². The van der Waals surface area contributed by atoms with Crippen molar-refractivity contribution in [2.45, 2.75) is 69.9 Å². The molecule has 0 aromatic carbocycles. The zero-order valence-electron chi connectivity index (χ0n) is 13.9. The van der Waals surface area contributed by atoms with Crippen LogP contribution in [0.25, 0.3) is 0 Å². The van der Waals surface area contributed by atoms with Gasteiger partial charge in [-0.15, -0.1) is 0 Å². The van der Waals surface area contributed by atoms with E-state index in [-0.39, 0.29) is 23.1 Å². The molecule has 0 heterocycles. The normalized spacial score (nSPS) is 21.2. The maximum absolute atomic E-state index is 11.7. The number of hydrogen-bond donors (Lipinski definition) is 2. The van der Waals surface area contributed by atoms with Gasteiger partial charge < -0.3 is 4.90 Å². The molecule has 0 aromatic rings. The summed E-state index contributed by atoms with van der Waals surface area (Å²) in [5.74, 6) is 6.33. The van der Waals surface area contributed by atoms with Gasteiger partial charge in [-0.2, -0.15) is 0 Å². The summed E-state index contributed by atoms with van der Waals surface area (Å²) in [6.07, 6.45) is 8.79. The maximum atomic E-state index is 11.7. The van der Waals surface area contributed by atoms with Crippen LogP contribution in [0.2, 0.25) is 0 Å². The molecule has 126 valence electrons. The van der Waals surface area contributed by atoms with Gasteiger partial charge in [-0.25, -0.2) is 8.42 Å². The second-order valence-electron chi connectivity index (χ2n) is 6.51. The number of sulfone groups is 1. The van der Waals surface area contributed by atoms with Crippen molar-refractivity contribution in [3.05, 3.63) is 0 Å². The molecule has 1 unspecified atom stereocenters. The number of likely N-dealkylation sites (N-methyl/N-ethyl adjacent to an activating group) is 1. The Hall–Kier alpha value is -0.170. The molecule has 1 atom stereocenters. The van der Waals surface area contributed by atoms with E-state index in [0.29, 0.717) is 6.42 Å². The molecule has 0 saturated heterocycles.